The van der Waals surface area contributed by atoms with Gasteiger partial charge in [-0.3, -0.25) is 4.79 Å². The lowest BCUT2D eigenvalue weighted by Crippen LogP contribution is -2.26. The van der Waals surface area contributed by atoms with Crippen molar-refractivity contribution in [1.29, 1.82) is 0 Å². The third-order valence-electron chi connectivity index (χ3n) is 2.26. The van der Waals surface area contributed by atoms with Gasteiger partial charge in [0.25, 0.3) is 5.91 Å². The molecular formula is C11H13N5OS. The maximum atomic E-state index is 11.7. The zero-order valence-electron chi connectivity index (χ0n) is 9.88. The summed E-state index contributed by atoms with van der Waals surface area (Å²) >= 11 is 1.58. The highest BCUT2D eigenvalue weighted by Gasteiger charge is 2.07. The fourth-order valence-electron chi connectivity index (χ4n) is 1.34. The Balaban J connectivity index is 1.83. The predicted molar refractivity (Wildman–Crippen MR) is 69.7 cm³/mol. The number of hydrogen-bond acceptors (Lipinski definition) is 6. The second-order valence-corrected chi connectivity index (χ2v) is 4.46. The molecule has 2 heterocycles. The van der Waals surface area contributed by atoms with E-state index in [0.717, 1.165) is 11.4 Å². The summed E-state index contributed by atoms with van der Waals surface area (Å²) in [6.07, 6.45) is 2.48. The minimum Gasteiger partial charge on any atom is -0.372 e. The average Bonchev–Trinajstić information content (AvgIpc) is 2.92. The number of carbonyl (C=O) groups is 1. The van der Waals surface area contributed by atoms with Gasteiger partial charge >= 0.3 is 0 Å². The van der Waals surface area contributed by atoms with Gasteiger partial charge in [-0.05, 0) is 12.1 Å². The highest BCUT2D eigenvalue weighted by atomic mass is 32.1. The zero-order chi connectivity index (χ0) is 12.8. The summed E-state index contributed by atoms with van der Waals surface area (Å²) in [4.78, 5) is 15.9. The van der Waals surface area contributed by atoms with E-state index in [-0.39, 0.29) is 5.91 Å². The quantitative estimate of drug-likeness (QED) is 0.839. The van der Waals surface area contributed by atoms with Crippen LogP contribution in [-0.4, -0.2) is 34.7 Å². The maximum Gasteiger partial charge on any atom is 0.271 e. The fraction of sp³-hybridized carbons (Fsp3) is 0.273. The predicted octanol–water partition coefficient (Wildman–Crippen LogP) is 0.947. The molecule has 7 heteroatoms. The number of nitrogens with one attached hydrogen (secondary N) is 2. The molecule has 2 N–H and O–H groups in total. The van der Waals surface area contributed by atoms with Crippen molar-refractivity contribution in [3.63, 3.8) is 0 Å². The van der Waals surface area contributed by atoms with Crippen molar-refractivity contribution in [2.45, 2.75) is 6.42 Å². The fourth-order valence-corrected chi connectivity index (χ4v) is 1.96. The molecule has 0 spiro atoms. The minimum absolute atomic E-state index is 0.221. The van der Waals surface area contributed by atoms with E-state index in [1.165, 1.54) is 0 Å². The van der Waals surface area contributed by atoms with E-state index >= 15 is 0 Å². The maximum absolute atomic E-state index is 11.7. The van der Waals surface area contributed by atoms with E-state index in [1.54, 1.807) is 36.7 Å². The zero-order valence-corrected chi connectivity index (χ0v) is 10.7. The number of anilines is 1. The largest absolute Gasteiger partial charge is 0.372 e. The van der Waals surface area contributed by atoms with Crippen LogP contribution in [0.4, 0.5) is 5.82 Å². The molecule has 0 radical (unpaired) electrons. The van der Waals surface area contributed by atoms with Gasteiger partial charge in [0.05, 0.1) is 5.01 Å². The molecule has 94 valence electrons. The van der Waals surface area contributed by atoms with Crippen LogP contribution in [0.5, 0.6) is 0 Å². The summed E-state index contributed by atoms with van der Waals surface area (Å²) in [5, 5.41) is 16.2. The Labute approximate surface area is 108 Å². The van der Waals surface area contributed by atoms with Gasteiger partial charge in [-0.1, -0.05) is 0 Å². The van der Waals surface area contributed by atoms with Crippen LogP contribution in [0.2, 0.25) is 0 Å². The van der Waals surface area contributed by atoms with Gasteiger partial charge in [0.1, 0.15) is 5.82 Å². The second-order valence-electron chi connectivity index (χ2n) is 3.49. The summed E-state index contributed by atoms with van der Waals surface area (Å²) in [5.41, 5.74) is 0.313. The molecule has 2 aromatic rings. The molecule has 0 atom stereocenters. The Morgan fingerprint density at radius 3 is 2.89 bits per heavy atom. The average molecular weight is 263 g/mol. The van der Waals surface area contributed by atoms with Crippen molar-refractivity contribution in [3.05, 3.63) is 34.4 Å². The molecule has 0 bridgehead atoms. The summed E-state index contributed by atoms with van der Waals surface area (Å²) < 4.78 is 0. The van der Waals surface area contributed by atoms with Gasteiger partial charge in [-0.15, -0.1) is 21.5 Å². The Morgan fingerprint density at radius 1 is 1.39 bits per heavy atom. The van der Waals surface area contributed by atoms with Gasteiger partial charge < -0.3 is 10.6 Å². The first-order valence-corrected chi connectivity index (χ1v) is 6.35. The molecule has 6 nitrogen and oxygen atoms in total. The molecule has 2 aromatic heterocycles. The molecule has 0 unspecified atom stereocenters. The van der Waals surface area contributed by atoms with E-state index in [1.807, 2.05) is 5.38 Å². The van der Waals surface area contributed by atoms with Gasteiger partial charge in [-0.25, -0.2) is 4.98 Å². The minimum atomic E-state index is -0.221. The second kappa shape index (κ2) is 6.06. The van der Waals surface area contributed by atoms with Crippen LogP contribution < -0.4 is 10.6 Å². The first-order valence-electron chi connectivity index (χ1n) is 5.47. The van der Waals surface area contributed by atoms with Crippen LogP contribution in [0.3, 0.4) is 0 Å². The SMILES string of the molecule is CNc1ccc(C(=O)NCCc2nccs2)nn1. The topological polar surface area (TPSA) is 79.8 Å². The third kappa shape index (κ3) is 3.24. The smallest absolute Gasteiger partial charge is 0.271 e. The number of rotatable bonds is 5. The standard InChI is InChI=1S/C11H13N5OS/c1-12-9-3-2-8(15-16-9)11(17)14-5-4-10-13-6-7-18-10/h2-3,6-7H,4-5H2,1H3,(H,12,16)(H,14,17). The molecule has 0 saturated heterocycles. The first-order chi connectivity index (χ1) is 8.79. The lowest BCUT2D eigenvalue weighted by atomic mass is 10.3. The molecule has 0 aliphatic carbocycles. The molecule has 0 aromatic carbocycles. The molecule has 2 rings (SSSR count). The van der Waals surface area contributed by atoms with Gasteiger partial charge in [0, 0.05) is 31.6 Å². The molecule has 18 heavy (non-hydrogen) atoms. The van der Waals surface area contributed by atoms with Gasteiger partial charge in [0.15, 0.2) is 5.69 Å². The summed E-state index contributed by atoms with van der Waals surface area (Å²) in [5.74, 6) is 0.413. The number of hydrogen-bond donors (Lipinski definition) is 2. The third-order valence-corrected chi connectivity index (χ3v) is 3.10. The highest BCUT2D eigenvalue weighted by Crippen LogP contribution is 2.04. The summed E-state index contributed by atoms with van der Waals surface area (Å²) in [6, 6.07) is 3.35. The van der Waals surface area contributed by atoms with E-state index < -0.39 is 0 Å². The Kier molecular flexibility index (Phi) is 4.19. The van der Waals surface area contributed by atoms with E-state index in [0.29, 0.717) is 18.1 Å². The normalized spacial score (nSPS) is 10.1. The number of aromatic nitrogens is 3. The van der Waals surface area contributed by atoms with Gasteiger partial charge in [-0.2, -0.15) is 0 Å². The number of amides is 1. The van der Waals surface area contributed by atoms with Crippen LogP contribution >= 0.6 is 11.3 Å². The molecule has 0 aliphatic rings. The molecule has 1 amide bonds. The van der Waals surface area contributed by atoms with Crippen molar-refractivity contribution >= 4 is 23.1 Å². The van der Waals surface area contributed by atoms with E-state index in [2.05, 4.69) is 25.8 Å². The van der Waals surface area contributed by atoms with Crippen LogP contribution in [0, 0.1) is 0 Å². The van der Waals surface area contributed by atoms with Crippen molar-refractivity contribution < 1.29 is 4.79 Å². The number of nitrogens with zero attached hydrogens (tertiary/aromatic N) is 3. The van der Waals surface area contributed by atoms with Crippen molar-refractivity contribution in [2.24, 2.45) is 0 Å². The summed E-state index contributed by atoms with van der Waals surface area (Å²) in [7, 11) is 1.75. The van der Waals surface area contributed by atoms with Gasteiger partial charge in [0.2, 0.25) is 0 Å². The molecule has 0 fully saturated rings. The van der Waals surface area contributed by atoms with Crippen LogP contribution in [0.15, 0.2) is 23.7 Å². The van der Waals surface area contributed by atoms with Crippen LogP contribution in [0.1, 0.15) is 15.5 Å². The molecule has 0 saturated carbocycles. The van der Waals surface area contributed by atoms with E-state index in [9.17, 15) is 4.79 Å². The molecular weight excluding hydrogens is 250 g/mol. The van der Waals surface area contributed by atoms with Crippen LogP contribution in [-0.2, 0) is 6.42 Å². The summed E-state index contributed by atoms with van der Waals surface area (Å²) in [6.45, 7) is 0.543. The van der Waals surface area contributed by atoms with Crippen molar-refractivity contribution in [3.8, 4) is 0 Å². The number of thiazole rings is 1. The first kappa shape index (κ1) is 12.4. The Bertz CT molecular complexity index is 497. The lowest BCUT2D eigenvalue weighted by Gasteiger charge is -2.03. The van der Waals surface area contributed by atoms with E-state index in [4.69, 9.17) is 0 Å². The lowest BCUT2D eigenvalue weighted by molar-refractivity contribution is 0.0948. The van der Waals surface area contributed by atoms with Crippen molar-refractivity contribution in [1.82, 2.24) is 20.5 Å². The molecule has 0 aliphatic heterocycles. The number of carbonyl (C=O) groups excluding carboxylic acids is 1. The monoisotopic (exact) mass is 263 g/mol. The highest BCUT2D eigenvalue weighted by molar-refractivity contribution is 7.09. The Hall–Kier alpha value is -2.02. The Morgan fingerprint density at radius 2 is 2.28 bits per heavy atom. The van der Waals surface area contributed by atoms with Crippen LogP contribution in [0.25, 0.3) is 0 Å². The van der Waals surface area contributed by atoms with Crippen molar-refractivity contribution in [2.75, 3.05) is 18.9 Å².